The molecule has 0 amide bonds. The van der Waals surface area contributed by atoms with Crippen molar-refractivity contribution in [3.05, 3.63) is 0 Å². The summed E-state index contributed by atoms with van der Waals surface area (Å²) in [5.41, 5.74) is 0. The van der Waals surface area contributed by atoms with E-state index in [0.717, 1.165) is 26.3 Å². The summed E-state index contributed by atoms with van der Waals surface area (Å²) in [7, 11) is 0. The molecular formula is C5H12ClNO. The molecule has 1 fully saturated rings. The van der Waals surface area contributed by atoms with E-state index in [2.05, 4.69) is 16.9 Å². The maximum atomic E-state index is 5.01. The molecule has 8 heavy (non-hydrogen) atoms. The monoisotopic (exact) mass is 137 g/mol. The zero-order valence-corrected chi connectivity index (χ0v) is 5.87. The molecule has 0 spiro atoms. The van der Waals surface area contributed by atoms with Crippen molar-refractivity contribution in [2.45, 2.75) is 0 Å². The molecule has 0 unspecified atom stereocenters. The number of nitrogens with one attached hydrogen (secondary N) is 1. The highest BCUT2D eigenvalue weighted by Gasteiger charge is 1.92. The molecule has 1 heterocycles. The molecule has 3 heteroatoms. The van der Waals surface area contributed by atoms with E-state index in [4.69, 9.17) is 4.74 Å². The summed E-state index contributed by atoms with van der Waals surface area (Å²) in [4.78, 5) is 0. The lowest BCUT2D eigenvalue weighted by Gasteiger charge is -2.10. The fraction of sp³-hybridized carbons (Fsp3) is 1.00. The zero-order valence-electron chi connectivity index (χ0n) is 5.11. The second-order valence-corrected chi connectivity index (χ2v) is 1.36. The van der Waals surface area contributed by atoms with Crippen LogP contribution in [0.15, 0.2) is 0 Å². The van der Waals surface area contributed by atoms with Crippen LogP contribution in [-0.4, -0.2) is 32.7 Å². The van der Waals surface area contributed by atoms with Crippen molar-refractivity contribution in [3.8, 4) is 0 Å². The minimum absolute atomic E-state index is 0.889. The lowest BCUT2D eigenvalue weighted by Crippen LogP contribution is -2.30. The van der Waals surface area contributed by atoms with Crippen LogP contribution in [0.25, 0.3) is 0 Å². The summed E-state index contributed by atoms with van der Waals surface area (Å²) >= 11 is 4.64. The number of morpholine rings is 1. The van der Waals surface area contributed by atoms with Gasteiger partial charge in [-0.25, -0.2) is 0 Å². The van der Waals surface area contributed by atoms with Gasteiger partial charge in [-0.15, -0.1) is 11.6 Å². The van der Waals surface area contributed by atoms with Gasteiger partial charge in [0.1, 0.15) is 0 Å². The van der Waals surface area contributed by atoms with Crippen LogP contribution in [0.2, 0.25) is 0 Å². The predicted octanol–water partition coefficient (Wildman–Crippen LogP) is 0.461. The molecule has 1 saturated heterocycles. The number of rotatable bonds is 0. The maximum Gasteiger partial charge on any atom is 0.0591 e. The van der Waals surface area contributed by atoms with E-state index in [1.807, 2.05) is 0 Å². The Labute approximate surface area is 55.2 Å². The van der Waals surface area contributed by atoms with Crippen molar-refractivity contribution in [3.63, 3.8) is 0 Å². The SMILES string of the molecule is C1COCCN1.CCl. The quantitative estimate of drug-likeness (QED) is 0.490. The molecule has 0 saturated carbocycles. The number of alkyl halides is 1. The van der Waals surface area contributed by atoms with E-state index in [1.165, 1.54) is 6.38 Å². The third kappa shape index (κ3) is 4.37. The molecule has 1 N–H and O–H groups in total. The molecule has 0 aromatic heterocycles. The summed E-state index contributed by atoms with van der Waals surface area (Å²) < 4.78 is 5.01. The molecule has 0 radical (unpaired) electrons. The highest BCUT2D eigenvalue weighted by Crippen LogP contribution is 1.76. The predicted molar refractivity (Wildman–Crippen MR) is 35.5 cm³/mol. The van der Waals surface area contributed by atoms with Crippen LogP contribution in [0.1, 0.15) is 0 Å². The summed E-state index contributed by atoms with van der Waals surface area (Å²) in [6, 6.07) is 0. The zero-order chi connectivity index (χ0) is 6.24. The lowest BCUT2D eigenvalue weighted by atomic mass is 10.5. The van der Waals surface area contributed by atoms with Crippen LogP contribution in [0.5, 0.6) is 0 Å². The van der Waals surface area contributed by atoms with Gasteiger partial charge < -0.3 is 10.1 Å². The van der Waals surface area contributed by atoms with Gasteiger partial charge in [0, 0.05) is 19.5 Å². The minimum atomic E-state index is 0.889. The van der Waals surface area contributed by atoms with E-state index < -0.39 is 0 Å². The van der Waals surface area contributed by atoms with Crippen LogP contribution in [0.3, 0.4) is 0 Å². The molecule has 0 aromatic carbocycles. The summed E-state index contributed by atoms with van der Waals surface area (Å²) in [5.74, 6) is 0. The maximum absolute atomic E-state index is 5.01. The molecule has 1 rings (SSSR count). The van der Waals surface area contributed by atoms with Crippen molar-refractivity contribution in [1.29, 1.82) is 0 Å². The van der Waals surface area contributed by atoms with Crippen LogP contribution in [-0.2, 0) is 4.74 Å². The first-order valence-corrected chi connectivity index (χ1v) is 3.42. The molecular weight excluding hydrogens is 126 g/mol. The first kappa shape index (κ1) is 8.21. The number of hydrogen-bond donors (Lipinski definition) is 1. The van der Waals surface area contributed by atoms with Gasteiger partial charge in [0.2, 0.25) is 0 Å². The Morgan fingerprint density at radius 3 is 1.88 bits per heavy atom. The van der Waals surface area contributed by atoms with Gasteiger partial charge in [-0.1, -0.05) is 0 Å². The molecule has 0 atom stereocenters. The van der Waals surface area contributed by atoms with E-state index in [9.17, 15) is 0 Å². The highest BCUT2D eigenvalue weighted by atomic mass is 35.5. The molecule has 50 valence electrons. The van der Waals surface area contributed by atoms with Crippen molar-refractivity contribution in [1.82, 2.24) is 5.32 Å². The molecule has 1 aliphatic heterocycles. The van der Waals surface area contributed by atoms with Gasteiger partial charge in [-0.3, -0.25) is 0 Å². The fourth-order valence-electron chi connectivity index (χ4n) is 0.516. The van der Waals surface area contributed by atoms with Gasteiger partial charge in [0.05, 0.1) is 13.2 Å². The smallest absolute Gasteiger partial charge is 0.0591 e. The Kier molecular flexibility index (Phi) is 7.40. The van der Waals surface area contributed by atoms with Crippen molar-refractivity contribution in [2.75, 3.05) is 32.7 Å². The average Bonchev–Trinajstić information content (AvgIpc) is 1.96. The third-order valence-corrected chi connectivity index (χ3v) is 0.846. The van der Waals surface area contributed by atoms with Gasteiger partial charge in [-0.05, 0) is 0 Å². The molecule has 1 aliphatic rings. The standard InChI is InChI=1S/C4H9NO.CH3Cl/c1-3-6-4-2-5-1;1-2/h5H,1-4H2;1H3. The van der Waals surface area contributed by atoms with E-state index >= 15 is 0 Å². The van der Waals surface area contributed by atoms with E-state index in [0.29, 0.717) is 0 Å². The summed E-state index contributed by atoms with van der Waals surface area (Å²) in [6.07, 6.45) is 1.47. The molecule has 2 nitrogen and oxygen atoms in total. The first-order valence-electron chi connectivity index (χ1n) is 2.66. The largest absolute Gasteiger partial charge is 0.379 e. The van der Waals surface area contributed by atoms with Gasteiger partial charge in [-0.2, -0.15) is 0 Å². The third-order valence-electron chi connectivity index (χ3n) is 0.846. The second-order valence-electron chi connectivity index (χ2n) is 1.36. The van der Waals surface area contributed by atoms with Gasteiger partial charge in [0.15, 0.2) is 0 Å². The van der Waals surface area contributed by atoms with E-state index in [1.54, 1.807) is 0 Å². The minimum Gasteiger partial charge on any atom is -0.379 e. The molecule has 0 bridgehead atoms. The Morgan fingerprint density at radius 1 is 1.25 bits per heavy atom. The van der Waals surface area contributed by atoms with Crippen molar-refractivity contribution in [2.24, 2.45) is 0 Å². The fourth-order valence-corrected chi connectivity index (χ4v) is 0.516. The normalized spacial score (nSPS) is 18.8. The topological polar surface area (TPSA) is 21.3 Å². The van der Waals surface area contributed by atoms with E-state index in [-0.39, 0.29) is 0 Å². The lowest BCUT2D eigenvalue weighted by molar-refractivity contribution is 0.109. The summed E-state index contributed by atoms with van der Waals surface area (Å²) in [5, 5.41) is 3.16. The number of hydrogen-bond acceptors (Lipinski definition) is 2. The number of halogens is 1. The Hall–Kier alpha value is 0.210. The Bertz CT molecular complexity index is 27.9. The van der Waals surface area contributed by atoms with Crippen LogP contribution >= 0.6 is 11.6 Å². The summed E-state index contributed by atoms with van der Waals surface area (Å²) in [6.45, 7) is 3.83. The first-order chi connectivity index (χ1) is 4.00. The Morgan fingerprint density at radius 2 is 1.75 bits per heavy atom. The van der Waals surface area contributed by atoms with Crippen LogP contribution in [0, 0.1) is 0 Å². The second kappa shape index (κ2) is 7.21. The van der Waals surface area contributed by atoms with Gasteiger partial charge >= 0.3 is 0 Å². The van der Waals surface area contributed by atoms with Crippen molar-refractivity contribution >= 4 is 11.6 Å². The van der Waals surface area contributed by atoms with Gasteiger partial charge in [0.25, 0.3) is 0 Å². The molecule has 0 aliphatic carbocycles. The van der Waals surface area contributed by atoms with Crippen LogP contribution in [0.4, 0.5) is 0 Å². The van der Waals surface area contributed by atoms with Crippen molar-refractivity contribution < 1.29 is 4.74 Å². The molecule has 0 aromatic rings. The average molecular weight is 138 g/mol. The van der Waals surface area contributed by atoms with Crippen LogP contribution < -0.4 is 5.32 Å². The number of ether oxygens (including phenoxy) is 1. The highest BCUT2D eigenvalue weighted by molar-refractivity contribution is 6.15. The Balaban J connectivity index is 0.000000222.